The summed E-state index contributed by atoms with van der Waals surface area (Å²) in [4.78, 5) is 4.49. The molecule has 0 aromatic carbocycles. The fourth-order valence-electron chi connectivity index (χ4n) is 0.913. The Morgan fingerprint density at radius 2 is 2.14 bits per heavy atom. The molecule has 0 rings (SSSR count). The molecule has 1 unspecified atom stereocenters. The third-order valence-electron chi connectivity index (χ3n) is 1.33. The first-order chi connectivity index (χ1) is 6.50. The van der Waals surface area contributed by atoms with Gasteiger partial charge in [0.1, 0.15) is 0 Å². The first-order valence-corrected chi connectivity index (χ1v) is 11.7. The Kier molecular flexibility index (Phi) is 8.56. The van der Waals surface area contributed by atoms with Crippen LogP contribution in [0.25, 0.3) is 0 Å². The third kappa shape index (κ3) is 5.67. The molecule has 0 aliphatic carbocycles. The van der Waals surface area contributed by atoms with E-state index in [1.165, 1.54) is 0 Å². The Labute approximate surface area is 100 Å². The number of nitrogens with zero attached hydrogens (tertiary/aromatic N) is 2. The molecule has 0 amide bonds. The fourth-order valence-corrected chi connectivity index (χ4v) is 9.53. The van der Waals surface area contributed by atoms with Gasteiger partial charge in [0.05, 0.1) is 0 Å². The first kappa shape index (κ1) is 14.9. The minimum absolute atomic E-state index is 0.416. The minimum atomic E-state index is -1.10. The quantitative estimate of drug-likeness (QED) is 0.240. The molecule has 0 saturated carbocycles. The van der Waals surface area contributed by atoms with E-state index in [0.717, 1.165) is 0 Å². The summed E-state index contributed by atoms with van der Waals surface area (Å²) in [5.41, 5.74) is 0. The molecule has 0 aliphatic heterocycles. The van der Waals surface area contributed by atoms with Crippen LogP contribution >= 0.6 is 39.0 Å². The van der Waals surface area contributed by atoms with Crippen LogP contribution in [-0.2, 0) is 4.52 Å². The summed E-state index contributed by atoms with van der Waals surface area (Å²) in [6, 6.07) is 2.47. The summed E-state index contributed by atoms with van der Waals surface area (Å²) >= 11 is 5.07. The molecule has 0 saturated heterocycles. The first-order valence-electron chi connectivity index (χ1n) is 4.26. The van der Waals surface area contributed by atoms with Crippen molar-refractivity contribution in [2.75, 3.05) is 16.5 Å². The average Bonchev–Trinajstić information content (AvgIpc) is 2.03. The summed E-state index contributed by atoms with van der Waals surface area (Å²) in [5.74, 6) is 0. The van der Waals surface area contributed by atoms with Gasteiger partial charge in [0.2, 0.25) is 0 Å². The van der Waals surface area contributed by atoms with Crippen molar-refractivity contribution in [3.05, 3.63) is 0 Å². The van der Waals surface area contributed by atoms with Gasteiger partial charge in [-0.05, 0) is 0 Å². The normalized spacial score (nSPS) is 14.3. The van der Waals surface area contributed by atoms with Crippen LogP contribution in [0.15, 0.2) is 0 Å². The van der Waals surface area contributed by atoms with Gasteiger partial charge in [-0.15, -0.1) is 0 Å². The number of alkyl halides is 2. The van der Waals surface area contributed by atoms with Crippen molar-refractivity contribution in [3.8, 4) is 6.07 Å². The van der Waals surface area contributed by atoms with E-state index in [9.17, 15) is 0 Å². The molecule has 0 aromatic rings. The number of halogens is 2. The van der Waals surface area contributed by atoms with E-state index in [2.05, 4.69) is 26.6 Å². The van der Waals surface area contributed by atoms with E-state index in [4.69, 9.17) is 21.0 Å². The summed E-state index contributed by atoms with van der Waals surface area (Å²) in [6.45, 7) is 4.70. The number of rotatable bonds is 6. The zero-order chi connectivity index (χ0) is 11.1. The van der Waals surface area contributed by atoms with E-state index in [-0.39, 0.29) is 0 Å². The third-order valence-corrected chi connectivity index (χ3v) is 10.3. The molecule has 0 fully saturated rings. The molecular weight excluding hydrogens is 333 g/mol. The molecule has 1 atom stereocenters. The maximum atomic E-state index is 8.37. The van der Waals surface area contributed by atoms with Crippen LogP contribution in [0.1, 0.15) is 20.3 Å². The van der Waals surface area contributed by atoms with E-state index in [1.54, 1.807) is 0 Å². The van der Waals surface area contributed by atoms with Gasteiger partial charge in [-0.3, -0.25) is 0 Å². The number of hydrogen-bond donors (Lipinski definition) is 0. The van der Waals surface area contributed by atoms with Crippen molar-refractivity contribution in [2.24, 2.45) is 0 Å². The molecule has 0 aliphatic rings. The fraction of sp³-hybridized carbons (Fsp3) is 0.875. The zero-order valence-corrected chi connectivity index (χ0v) is 12.8. The van der Waals surface area contributed by atoms with Crippen molar-refractivity contribution in [1.82, 2.24) is 2.88 Å². The Bertz CT molecular complexity index is 190. The van der Waals surface area contributed by atoms with Crippen LogP contribution in [0, 0.1) is 11.3 Å². The van der Waals surface area contributed by atoms with Crippen LogP contribution in [0.4, 0.5) is 0 Å². The van der Waals surface area contributed by atoms with E-state index in [1.807, 2.05) is 6.07 Å². The van der Waals surface area contributed by atoms with Gasteiger partial charge in [-0.25, -0.2) is 0 Å². The van der Waals surface area contributed by atoms with Crippen LogP contribution in [0.3, 0.4) is 0 Å². The maximum absolute atomic E-state index is 8.37. The van der Waals surface area contributed by atoms with Crippen LogP contribution in [0.5, 0.6) is 0 Å². The standard InChI is InChI=1S/C8H17ClIN2OP/c1-8(2)12(10(3)4)14(9)13-7-5-6-11/h8H,5,7H2,1-4H3. The predicted molar refractivity (Wildman–Crippen MR) is 71.8 cm³/mol. The zero-order valence-electron chi connectivity index (χ0n) is 9.00. The summed E-state index contributed by atoms with van der Waals surface area (Å²) < 4.78 is 7.72. The van der Waals surface area contributed by atoms with Gasteiger partial charge in [0.25, 0.3) is 0 Å². The van der Waals surface area contributed by atoms with E-state index < -0.39 is 27.7 Å². The molecule has 6 heteroatoms. The molecule has 0 heterocycles. The van der Waals surface area contributed by atoms with Crippen molar-refractivity contribution in [3.63, 3.8) is 0 Å². The van der Waals surface area contributed by atoms with Gasteiger partial charge >= 0.3 is 101 Å². The summed E-state index contributed by atoms with van der Waals surface area (Å²) in [6.07, 6.45) is 0.416. The van der Waals surface area contributed by atoms with E-state index >= 15 is 0 Å². The average molecular weight is 351 g/mol. The molecule has 0 bridgehead atoms. The topological polar surface area (TPSA) is 36.3 Å². The Morgan fingerprint density at radius 3 is 2.50 bits per heavy atom. The Hall–Kier alpha value is 0.860. The number of hydrogen-bond acceptors (Lipinski definition) is 3. The van der Waals surface area contributed by atoms with Gasteiger partial charge in [0, 0.05) is 0 Å². The van der Waals surface area contributed by atoms with Crippen molar-refractivity contribution >= 4 is 39.0 Å². The van der Waals surface area contributed by atoms with Crippen LogP contribution in [-0.4, -0.2) is 25.4 Å². The predicted octanol–water partition coefficient (Wildman–Crippen LogP) is 3.77. The molecule has 0 N–H and O–H groups in total. The van der Waals surface area contributed by atoms with Crippen molar-refractivity contribution < 1.29 is 4.52 Å². The molecule has 84 valence electrons. The second-order valence-electron chi connectivity index (χ2n) is 3.07. The van der Waals surface area contributed by atoms with Crippen LogP contribution < -0.4 is 0 Å². The molecule has 14 heavy (non-hydrogen) atoms. The molecule has 0 spiro atoms. The van der Waals surface area contributed by atoms with Crippen LogP contribution in [0.2, 0.25) is 0 Å². The number of nitriles is 1. The van der Waals surface area contributed by atoms with Gasteiger partial charge in [-0.2, -0.15) is 0 Å². The Morgan fingerprint density at radius 1 is 1.57 bits per heavy atom. The van der Waals surface area contributed by atoms with Gasteiger partial charge in [0.15, 0.2) is 0 Å². The molecule has 3 nitrogen and oxygen atoms in total. The molecular formula is C8H17ClIN2OP. The second-order valence-corrected chi connectivity index (χ2v) is 11.0. The van der Waals surface area contributed by atoms with Gasteiger partial charge in [-0.1, -0.05) is 0 Å². The second kappa shape index (κ2) is 8.06. The van der Waals surface area contributed by atoms with Gasteiger partial charge < -0.3 is 0 Å². The molecule has 0 aromatic heterocycles. The molecule has 0 radical (unpaired) electrons. The van der Waals surface area contributed by atoms with Crippen molar-refractivity contribution in [2.45, 2.75) is 26.3 Å². The van der Waals surface area contributed by atoms with E-state index in [0.29, 0.717) is 19.1 Å². The summed E-state index contributed by atoms with van der Waals surface area (Å²) in [5, 5.41) is 8.37. The SMILES string of the molecule is CC(C)N(P(Cl)OCCC#N)I(C)C. The Balaban J connectivity index is 4.03. The monoisotopic (exact) mass is 350 g/mol. The summed E-state index contributed by atoms with van der Waals surface area (Å²) in [7, 11) is -1.01. The van der Waals surface area contributed by atoms with Crippen molar-refractivity contribution in [1.29, 1.82) is 5.26 Å².